The Kier molecular flexibility index (Phi) is 5.64. The molecule has 3 N–H and O–H groups in total. The van der Waals surface area contributed by atoms with Crippen LogP contribution in [-0.4, -0.2) is 35.9 Å². The molecule has 0 radical (unpaired) electrons. The molecule has 0 aliphatic heterocycles. The predicted octanol–water partition coefficient (Wildman–Crippen LogP) is 1.97. The monoisotopic (exact) mass is 377 g/mol. The normalized spacial score (nSPS) is 10.5. The van der Waals surface area contributed by atoms with E-state index in [1.807, 2.05) is 43.3 Å². The number of carbonyl (C=O) groups excluding carboxylic acids is 3. The molecular formula is C21H19N3O4. The van der Waals surface area contributed by atoms with Gasteiger partial charge in [-0.3, -0.25) is 9.59 Å². The van der Waals surface area contributed by atoms with E-state index < -0.39 is 24.4 Å². The number of hydrogen-bond acceptors (Lipinski definition) is 5. The number of ether oxygens (including phenoxy) is 1. The number of hydrogen-bond donors (Lipinski definition) is 2. The summed E-state index contributed by atoms with van der Waals surface area (Å²) in [5.74, 6) is -1.94. The number of carbonyl (C=O) groups is 3. The third kappa shape index (κ3) is 4.50. The van der Waals surface area contributed by atoms with E-state index in [0.29, 0.717) is 22.2 Å². The number of fused-ring (bicyclic) bond motifs is 1. The molecule has 2 amide bonds. The number of para-hydroxylation sites is 1. The molecule has 1 heterocycles. The molecule has 0 spiro atoms. The van der Waals surface area contributed by atoms with Gasteiger partial charge < -0.3 is 15.8 Å². The van der Waals surface area contributed by atoms with E-state index >= 15 is 0 Å². The SMILES string of the molecule is Cc1ccc(-c2cc(C(=O)OCC(=O)NCC(N)=O)c3ccccc3n2)cc1. The van der Waals surface area contributed by atoms with Crippen LogP contribution < -0.4 is 11.1 Å². The van der Waals surface area contributed by atoms with Crippen molar-refractivity contribution in [1.82, 2.24) is 10.3 Å². The van der Waals surface area contributed by atoms with Crippen molar-refractivity contribution in [3.63, 3.8) is 0 Å². The van der Waals surface area contributed by atoms with Crippen LogP contribution in [0.4, 0.5) is 0 Å². The van der Waals surface area contributed by atoms with E-state index in [1.54, 1.807) is 18.2 Å². The number of nitrogens with two attached hydrogens (primary N) is 1. The zero-order valence-electron chi connectivity index (χ0n) is 15.3. The highest BCUT2D eigenvalue weighted by Crippen LogP contribution is 2.25. The van der Waals surface area contributed by atoms with Crippen LogP contribution in [0.3, 0.4) is 0 Å². The van der Waals surface area contributed by atoms with E-state index in [0.717, 1.165) is 11.1 Å². The van der Waals surface area contributed by atoms with Crippen LogP contribution in [-0.2, 0) is 14.3 Å². The quantitative estimate of drug-likeness (QED) is 0.638. The Morgan fingerprint density at radius 1 is 1.07 bits per heavy atom. The van der Waals surface area contributed by atoms with Crippen molar-refractivity contribution in [1.29, 1.82) is 0 Å². The molecule has 2 aromatic carbocycles. The van der Waals surface area contributed by atoms with Crippen LogP contribution in [0.25, 0.3) is 22.2 Å². The molecule has 142 valence electrons. The second-order valence-corrected chi connectivity index (χ2v) is 6.26. The van der Waals surface area contributed by atoms with E-state index in [4.69, 9.17) is 10.5 Å². The van der Waals surface area contributed by atoms with Crippen molar-refractivity contribution in [2.75, 3.05) is 13.2 Å². The topological polar surface area (TPSA) is 111 Å². The maximum atomic E-state index is 12.6. The highest BCUT2D eigenvalue weighted by Gasteiger charge is 2.16. The molecule has 0 fully saturated rings. The summed E-state index contributed by atoms with van der Waals surface area (Å²) in [6.45, 7) is 1.17. The average Bonchev–Trinajstić information content (AvgIpc) is 2.70. The maximum absolute atomic E-state index is 12.6. The highest BCUT2D eigenvalue weighted by atomic mass is 16.5. The molecule has 7 heteroatoms. The van der Waals surface area contributed by atoms with Gasteiger partial charge in [-0.2, -0.15) is 0 Å². The number of primary amides is 1. The van der Waals surface area contributed by atoms with Crippen molar-refractivity contribution in [2.45, 2.75) is 6.92 Å². The molecular weight excluding hydrogens is 358 g/mol. The number of aromatic nitrogens is 1. The fourth-order valence-electron chi connectivity index (χ4n) is 2.66. The zero-order chi connectivity index (χ0) is 20.1. The number of nitrogens with zero attached hydrogens (tertiary/aromatic N) is 1. The van der Waals surface area contributed by atoms with Gasteiger partial charge in [0.25, 0.3) is 5.91 Å². The Morgan fingerprint density at radius 2 is 1.79 bits per heavy atom. The molecule has 0 aliphatic carbocycles. The summed E-state index contributed by atoms with van der Waals surface area (Å²) in [6, 6.07) is 16.6. The summed E-state index contributed by atoms with van der Waals surface area (Å²) < 4.78 is 5.11. The summed E-state index contributed by atoms with van der Waals surface area (Å²) in [5.41, 5.74) is 8.53. The largest absolute Gasteiger partial charge is 0.452 e. The molecule has 0 saturated heterocycles. The van der Waals surface area contributed by atoms with Gasteiger partial charge in [0.05, 0.1) is 23.3 Å². The molecule has 7 nitrogen and oxygen atoms in total. The third-order valence-corrected chi connectivity index (χ3v) is 4.08. The van der Waals surface area contributed by atoms with Gasteiger partial charge in [-0.05, 0) is 19.1 Å². The first-order valence-electron chi connectivity index (χ1n) is 8.63. The summed E-state index contributed by atoms with van der Waals surface area (Å²) in [6.07, 6.45) is 0. The Bertz CT molecular complexity index is 1050. The summed E-state index contributed by atoms with van der Waals surface area (Å²) in [7, 11) is 0. The van der Waals surface area contributed by atoms with Crippen molar-refractivity contribution >= 4 is 28.7 Å². The van der Waals surface area contributed by atoms with Gasteiger partial charge in [0.1, 0.15) is 0 Å². The Labute approximate surface area is 161 Å². The number of nitrogens with one attached hydrogen (secondary N) is 1. The number of amides is 2. The van der Waals surface area contributed by atoms with Crippen molar-refractivity contribution in [3.8, 4) is 11.3 Å². The lowest BCUT2D eigenvalue weighted by Gasteiger charge is -2.10. The molecule has 0 saturated carbocycles. The van der Waals surface area contributed by atoms with Crippen molar-refractivity contribution in [2.24, 2.45) is 5.73 Å². The molecule has 1 aromatic heterocycles. The molecule has 0 aliphatic rings. The third-order valence-electron chi connectivity index (χ3n) is 4.08. The minimum atomic E-state index is -0.678. The standard InChI is InChI=1S/C21H19N3O4/c1-13-6-8-14(9-7-13)18-10-16(15-4-2-3-5-17(15)24-18)21(27)28-12-20(26)23-11-19(22)25/h2-10H,11-12H2,1H3,(H2,22,25)(H,23,26). The van der Waals surface area contributed by atoms with Gasteiger partial charge in [-0.1, -0.05) is 48.0 Å². The van der Waals surface area contributed by atoms with E-state index in [2.05, 4.69) is 10.3 Å². The first-order valence-corrected chi connectivity index (χ1v) is 8.63. The number of esters is 1. The molecule has 0 bridgehead atoms. The Morgan fingerprint density at radius 3 is 2.50 bits per heavy atom. The van der Waals surface area contributed by atoms with Gasteiger partial charge >= 0.3 is 5.97 Å². The summed E-state index contributed by atoms with van der Waals surface area (Å²) in [5, 5.41) is 2.89. The van der Waals surface area contributed by atoms with Gasteiger partial charge in [0.2, 0.25) is 5.91 Å². The molecule has 3 aromatic rings. The van der Waals surface area contributed by atoms with Crippen LogP contribution in [0.15, 0.2) is 54.6 Å². The lowest BCUT2D eigenvalue weighted by Crippen LogP contribution is -2.36. The first kappa shape index (κ1) is 19.0. The number of pyridine rings is 1. The van der Waals surface area contributed by atoms with Crippen LogP contribution in [0.1, 0.15) is 15.9 Å². The second kappa shape index (κ2) is 8.30. The molecule has 3 rings (SSSR count). The number of aryl methyl sites for hydroxylation is 1. The Hall–Kier alpha value is -3.74. The van der Waals surface area contributed by atoms with Crippen molar-refractivity contribution in [3.05, 3.63) is 65.7 Å². The second-order valence-electron chi connectivity index (χ2n) is 6.26. The Balaban J connectivity index is 1.88. The van der Waals surface area contributed by atoms with E-state index in [1.165, 1.54) is 0 Å². The van der Waals surface area contributed by atoms with Gasteiger partial charge in [-0.25, -0.2) is 9.78 Å². The van der Waals surface area contributed by atoms with Crippen LogP contribution >= 0.6 is 0 Å². The maximum Gasteiger partial charge on any atom is 0.339 e. The molecule has 0 atom stereocenters. The van der Waals surface area contributed by atoms with Crippen LogP contribution in [0.2, 0.25) is 0 Å². The lowest BCUT2D eigenvalue weighted by molar-refractivity contribution is -0.127. The van der Waals surface area contributed by atoms with Crippen molar-refractivity contribution < 1.29 is 19.1 Å². The van der Waals surface area contributed by atoms with E-state index in [9.17, 15) is 14.4 Å². The molecule has 0 unspecified atom stereocenters. The lowest BCUT2D eigenvalue weighted by atomic mass is 10.0. The highest BCUT2D eigenvalue weighted by molar-refractivity contribution is 6.05. The molecule has 28 heavy (non-hydrogen) atoms. The van der Waals surface area contributed by atoms with Gasteiger partial charge in [0, 0.05) is 10.9 Å². The van der Waals surface area contributed by atoms with Gasteiger partial charge in [0.15, 0.2) is 6.61 Å². The van der Waals surface area contributed by atoms with E-state index in [-0.39, 0.29) is 6.54 Å². The van der Waals surface area contributed by atoms with Gasteiger partial charge in [-0.15, -0.1) is 0 Å². The van der Waals surface area contributed by atoms with Crippen LogP contribution in [0, 0.1) is 6.92 Å². The summed E-state index contributed by atoms with van der Waals surface area (Å²) in [4.78, 5) is 39.6. The number of rotatable bonds is 6. The first-order chi connectivity index (χ1) is 13.4. The zero-order valence-corrected chi connectivity index (χ0v) is 15.3. The number of benzene rings is 2. The summed E-state index contributed by atoms with van der Waals surface area (Å²) >= 11 is 0. The minimum absolute atomic E-state index is 0.309. The van der Waals surface area contributed by atoms with Crippen LogP contribution in [0.5, 0.6) is 0 Å². The minimum Gasteiger partial charge on any atom is -0.452 e. The average molecular weight is 377 g/mol. The fraction of sp³-hybridized carbons (Fsp3) is 0.143. The predicted molar refractivity (Wildman–Crippen MR) is 104 cm³/mol. The fourth-order valence-corrected chi connectivity index (χ4v) is 2.66. The smallest absolute Gasteiger partial charge is 0.339 e.